The van der Waals surface area contributed by atoms with E-state index < -0.39 is 5.97 Å². The summed E-state index contributed by atoms with van der Waals surface area (Å²) in [6.45, 7) is 2.95. The third kappa shape index (κ3) is 6.00. The van der Waals surface area contributed by atoms with Gasteiger partial charge in [-0.25, -0.2) is 4.79 Å². The minimum absolute atomic E-state index is 0.303. The molecule has 0 aliphatic rings. The highest BCUT2D eigenvalue weighted by atomic mass is 35.5. The molecule has 2 rings (SSSR count). The SMILES string of the molecule is CCC(CNC(=S)Nc1ccc(Cl)c(C(=O)OC)c1)Cc1ccccc1. The molecule has 0 aromatic heterocycles. The number of carbonyl (C=O) groups is 1. The van der Waals surface area contributed by atoms with Gasteiger partial charge < -0.3 is 15.4 Å². The van der Waals surface area contributed by atoms with Crippen LogP contribution in [0.3, 0.4) is 0 Å². The van der Waals surface area contributed by atoms with Gasteiger partial charge in [0.25, 0.3) is 0 Å². The fraction of sp³-hybridized carbons (Fsp3) is 0.300. The molecule has 0 saturated heterocycles. The lowest BCUT2D eigenvalue weighted by Crippen LogP contribution is -2.33. The van der Waals surface area contributed by atoms with Crippen LogP contribution in [0.15, 0.2) is 48.5 Å². The molecule has 6 heteroatoms. The van der Waals surface area contributed by atoms with E-state index in [-0.39, 0.29) is 0 Å². The van der Waals surface area contributed by atoms with E-state index >= 15 is 0 Å². The second-order valence-electron chi connectivity index (χ2n) is 5.99. The van der Waals surface area contributed by atoms with Crippen LogP contribution in [-0.4, -0.2) is 24.7 Å². The third-order valence-corrected chi connectivity index (χ3v) is 4.70. The monoisotopic (exact) mass is 390 g/mol. The van der Waals surface area contributed by atoms with E-state index in [0.29, 0.717) is 27.3 Å². The molecule has 0 radical (unpaired) electrons. The van der Waals surface area contributed by atoms with Crippen molar-refractivity contribution in [3.63, 3.8) is 0 Å². The number of anilines is 1. The molecular formula is C20H23ClN2O2S. The van der Waals surface area contributed by atoms with Gasteiger partial charge in [0.2, 0.25) is 0 Å². The van der Waals surface area contributed by atoms with Gasteiger partial charge in [-0.05, 0) is 48.3 Å². The number of hydrogen-bond acceptors (Lipinski definition) is 3. The highest BCUT2D eigenvalue weighted by molar-refractivity contribution is 7.80. The molecule has 26 heavy (non-hydrogen) atoms. The first-order chi connectivity index (χ1) is 12.5. The van der Waals surface area contributed by atoms with Gasteiger partial charge in [0, 0.05) is 12.2 Å². The van der Waals surface area contributed by atoms with E-state index in [1.54, 1.807) is 18.2 Å². The molecule has 0 bridgehead atoms. The van der Waals surface area contributed by atoms with Crippen molar-refractivity contribution in [1.82, 2.24) is 5.32 Å². The highest BCUT2D eigenvalue weighted by Crippen LogP contribution is 2.21. The molecule has 1 unspecified atom stereocenters. The van der Waals surface area contributed by atoms with Gasteiger partial charge in [-0.3, -0.25) is 0 Å². The fourth-order valence-electron chi connectivity index (χ4n) is 2.59. The van der Waals surface area contributed by atoms with E-state index in [0.717, 1.165) is 19.4 Å². The van der Waals surface area contributed by atoms with E-state index in [1.807, 2.05) is 6.07 Å². The van der Waals surface area contributed by atoms with Crippen LogP contribution < -0.4 is 10.6 Å². The number of methoxy groups -OCH3 is 1. The predicted octanol–water partition coefficient (Wildman–Crippen LogP) is 4.68. The molecule has 0 aliphatic carbocycles. The first-order valence-electron chi connectivity index (χ1n) is 8.50. The molecule has 2 N–H and O–H groups in total. The normalized spacial score (nSPS) is 11.5. The molecular weight excluding hydrogens is 368 g/mol. The maximum atomic E-state index is 11.7. The zero-order chi connectivity index (χ0) is 18.9. The van der Waals surface area contributed by atoms with Gasteiger partial charge >= 0.3 is 5.97 Å². The van der Waals surface area contributed by atoms with Crippen LogP contribution in [0.4, 0.5) is 5.69 Å². The number of esters is 1. The molecule has 1 atom stereocenters. The summed E-state index contributed by atoms with van der Waals surface area (Å²) in [4.78, 5) is 11.7. The van der Waals surface area contributed by atoms with Crippen molar-refractivity contribution >= 4 is 40.6 Å². The Morgan fingerprint density at radius 2 is 1.96 bits per heavy atom. The van der Waals surface area contributed by atoms with Crippen molar-refractivity contribution in [1.29, 1.82) is 0 Å². The molecule has 4 nitrogen and oxygen atoms in total. The van der Waals surface area contributed by atoms with Crippen molar-refractivity contribution in [3.8, 4) is 0 Å². The first kappa shape index (κ1) is 20.2. The lowest BCUT2D eigenvalue weighted by molar-refractivity contribution is 0.0601. The largest absolute Gasteiger partial charge is 0.465 e. The fourth-order valence-corrected chi connectivity index (χ4v) is 2.99. The molecule has 138 valence electrons. The smallest absolute Gasteiger partial charge is 0.339 e. The van der Waals surface area contributed by atoms with Gasteiger partial charge in [-0.2, -0.15) is 0 Å². The Morgan fingerprint density at radius 1 is 1.23 bits per heavy atom. The molecule has 0 heterocycles. The molecule has 2 aromatic carbocycles. The lowest BCUT2D eigenvalue weighted by atomic mass is 9.97. The summed E-state index contributed by atoms with van der Waals surface area (Å²) in [7, 11) is 1.32. The zero-order valence-electron chi connectivity index (χ0n) is 14.9. The molecule has 0 spiro atoms. The van der Waals surface area contributed by atoms with Crippen molar-refractivity contribution in [3.05, 3.63) is 64.7 Å². The van der Waals surface area contributed by atoms with Crippen LogP contribution in [-0.2, 0) is 11.2 Å². The van der Waals surface area contributed by atoms with Crippen molar-refractivity contribution in [2.75, 3.05) is 19.0 Å². The topological polar surface area (TPSA) is 50.4 Å². The number of nitrogens with one attached hydrogen (secondary N) is 2. The summed E-state index contributed by atoms with van der Waals surface area (Å²) in [5.41, 5.74) is 2.31. The number of halogens is 1. The maximum absolute atomic E-state index is 11.7. The van der Waals surface area contributed by atoms with E-state index in [2.05, 4.69) is 41.8 Å². The standard InChI is InChI=1S/C20H23ClN2O2S/c1-3-14(11-15-7-5-4-6-8-15)13-22-20(26)23-16-9-10-18(21)17(12-16)19(24)25-2/h4-10,12,14H,3,11,13H2,1-2H3,(H2,22,23,26). The molecule has 2 aromatic rings. The summed E-state index contributed by atoms with van der Waals surface area (Å²) in [6, 6.07) is 15.5. The molecule has 0 fully saturated rings. The van der Waals surface area contributed by atoms with E-state index in [9.17, 15) is 4.79 Å². The van der Waals surface area contributed by atoms with Crippen LogP contribution in [0.25, 0.3) is 0 Å². The van der Waals surface area contributed by atoms with E-state index in [4.69, 9.17) is 28.6 Å². The maximum Gasteiger partial charge on any atom is 0.339 e. The lowest BCUT2D eigenvalue weighted by Gasteiger charge is -2.18. The van der Waals surface area contributed by atoms with Crippen molar-refractivity contribution < 1.29 is 9.53 Å². The number of ether oxygens (including phenoxy) is 1. The predicted molar refractivity (Wildman–Crippen MR) is 111 cm³/mol. The van der Waals surface area contributed by atoms with Crippen LogP contribution in [0.1, 0.15) is 29.3 Å². The van der Waals surface area contributed by atoms with Crippen LogP contribution in [0.5, 0.6) is 0 Å². The number of hydrogen-bond donors (Lipinski definition) is 2. The van der Waals surface area contributed by atoms with E-state index in [1.165, 1.54) is 12.7 Å². The van der Waals surface area contributed by atoms with Crippen molar-refractivity contribution in [2.24, 2.45) is 5.92 Å². The van der Waals surface area contributed by atoms with Crippen LogP contribution >= 0.6 is 23.8 Å². The van der Waals surface area contributed by atoms with Crippen LogP contribution in [0, 0.1) is 5.92 Å². The minimum atomic E-state index is -0.480. The number of thiocarbonyl (C=S) groups is 1. The molecule has 0 aliphatic heterocycles. The van der Waals surface area contributed by atoms with Gasteiger partial charge in [0.1, 0.15) is 0 Å². The molecule has 0 saturated carbocycles. The summed E-state index contributed by atoms with van der Waals surface area (Å²) in [5, 5.41) is 7.19. The average molecular weight is 391 g/mol. The number of benzene rings is 2. The van der Waals surface area contributed by atoms with Crippen molar-refractivity contribution in [2.45, 2.75) is 19.8 Å². The van der Waals surface area contributed by atoms with Gasteiger partial charge in [-0.1, -0.05) is 55.3 Å². The van der Waals surface area contributed by atoms with Gasteiger partial charge in [0.05, 0.1) is 17.7 Å². The first-order valence-corrected chi connectivity index (χ1v) is 9.28. The quantitative estimate of drug-likeness (QED) is 0.531. The Hall–Kier alpha value is -2.11. The van der Waals surface area contributed by atoms with Crippen LogP contribution in [0.2, 0.25) is 5.02 Å². The summed E-state index contributed by atoms with van der Waals surface area (Å²) >= 11 is 11.4. The Labute approximate surface area is 164 Å². The third-order valence-electron chi connectivity index (χ3n) is 4.13. The Morgan fingerprint density at radius 3 is 2.62 bits per heavy atom. The summed E-state index contributed by atoms with van der Waals surface area (Å²) < 4.78 is 4.73. The highest BCUT2D eigenvalue weighted by Gasteiger charge is 2.12. The Kier molecular flexibility index (Phi) is 7.88. The Bertz CT molecular complexity index is 753. The number of rotatable bonds is 7. The second kappa shape index (κ2) is 10.1. The minimum Gasteiger partial charge on any atom is -0.465 e. The summed E-state index contributed by atoms with van der Waals surface area (Å²) in [5.74, 6) is -0.000524. The molecule has 0 amide bonds. The Balaban J connectivity index is 1.90. The number of carbonyl (C=O) groups excluding carboxylic acids is 1. The zero-order valence-corrected chi connectivity index (χ0v) is 16.5. The van der Waals surface area contributed by atoms with Gasteiger partial charge in [0.15, 0.2) is 5.11 Å². The second-order valence-corrected chi connectivity index (χ2v) is 6.80. The summed E-state index contributed by atoms with van der Waals surface area (Å²) in [6.07, 6.45) is 2.05. The average Bonchev–Trinajstić information content (AvgIpc) is 2.66. The van der Waals surface area contributed by atoms with Gasteiger partial charge in [-0.15, -0.1) is 0 Å².